The number of benzene rings is 2. The van der Waals surface area contributed by atoms with E-state index in [4.69, 9.17) is 0 Å². The van der Waals surface area contributed by atoms with E-state index in [1.165, 1.54) is 0 Å². The molecule has 2 aromatic carbocycles. The van der Waals surface area contributed by atoms with Crippen LogP contribution < -0.4 is 10.6 Å². The Morgan fingerprint density at radius 3 is 2.23 bits per heavy atom. The van der Waals surface area contributed by atoms with Gasteiger partial charge in [-0.15, -0.1) is 0 Å². The van der Waals surface area contributed by atoms with E-state index >= 15 is 0 Å². The molecule has 0 radical (unpaired) electrons. The highest BCUT2D eigenvalue weighted by molar-refractivity contribution is 7.61. The van der Waals surface area contributed by atoms with Crippen molar-refractivity contribution in [2.24, 2.45) is 0 Å². The first kappa shape index (κ1) is 13.2. The van der Waals surface area contributed by atoms with Gasteiger partial charge in [0.1, 0.15) is 7.80 Å². The average Bonchev–Trinajstić information content (AvgIpc) is 2.60. The van der Waals surface area contributed by atoms with Gasteiger partial charge in [-0.25, -0.2) is 0 Å². The summed E-state index contributed by atoms with van der Waals surface area (Å²) in [5.41, 5.74) is 1.79. The highest BCUT2D eigenvalue weighted by atomic mass is 31.1. The SMILES string of the molecule is O=[PH](c1ccc2ncccc2c1)c1ccc2cccnc2c1. The zero-order chi connectivity index (χ0) is 14.9. The van der Waals surface area contributed by atoms with Gasteiger partial charge in [-0.1, -0.05) is 24.3 Å². The molecule has 0 amide bonds. The first-order valence-electron chi connectivity index (χ1n) is 7.05. The van der Waals surface area contributed by atoms with Crippen molar-refractivity contribution in [3.63, 3.8) is 0 Å². The summed E-state index contributed by atoms with van der Waals surface area (Å²) < 4.78 is 12.9. The third kappa shape index (κ3) is 2.30. The fourth-order valence-electron chi connectivity index (χ4n) is 2.59. The lowest BCUT2D eigenvalue weighted by Crippen LogP contribution is -2.06. The molecule has 1 atom stereocenters. The molecule has 2 heterocycles. The minimum absolute atomic E-state index is 0.833. The molecule has 1 unspecified atom stereocenters. The standard InChI is InChI=1S/C18H13N2OP/c21-22(15-7-8-17-14(11-15)4-2-9-19-17)16-6-5-13-3-1-10-20-18(13)12-16/h1-12,22H. The third-order valence-corrected chi connectivity index (χ3v) is 5.40. The Bertz CT molecular complexity index is 932. The molecule has 0 saturated heterocycles. The third-order valence-electron chi connectivity index (χ3n) is 3.73. The summed E-state index contributed by atoms with van der Waals surface area (Å²) in [5.74, 6) is 0. The molecule has 106 valence electrons. The van der Waals surface area contributed by atoms with E-state index in [-0.39, 0.29) is 0 Å². The molecule has 0 aliphatic rings. The smallest absolute Gasteiger partial charge is 0.131 e. The first-order valence-corrected chi connectivity index (χ1v) is 8.46. The summed E-state index contributed by atoms with van der Waals surface area (Å²) in [6.07, 6.45) is 3.52. The monoisotopic (exact) mass is 304 g/mol. The van der Waals surface area contributed by atoms with E-state index in [0.29, 0.717) is 0 Å². The quantitative estimate of drug-likeness (QED) is 0.534. The van der Waals surface area contributed by atoms with Crippen molar-refractivity contribution in [1.29, 1.82) is 0 Å². The van der Waals surface area contributed by atoms with Gasteiger partial charge in [-0.05, 0) is 36.4 Å². The Kier molecular flexibility index (Phi) is 3.21. The largest absolute Gasteiger partial charge is 0.317 e. The van der Waals surface area contributed by atoms with E-state index in [2.05, 4.69) is 9.97 Å². The average molecular weight is 304 g/mol. The van der Waals surface area contributed by atoms with Crippen LogP contribution in [0.1, 0.15) is 0 Å². The lowest BCUT2D eigenvalue weighted by Gasteiger charge is -2.05. The molecule has 0 spiro atoms. The van der Waals surface area contributed by atoms with Crippen molar-refractivity contribution in [1.82, 2.24) is 9.97 Å². The van der Waals surface area contributed by atoms with Crippen molar-refractivity contribution in [2.75, 3.05) is 0 Å². The van der Waals surface area contributed by atoms with E-state index in [0.717, 1.165) is 32.4 Å². The van der Waals surface area contributed by atoms with Crippen LogP contribution in [0, 0.1) is 0 Å². The number of nitrogens with zero attached hydrogens (tertiary/aromatic N) is 2. The Labute approximate surface area is 128 Å². The maximum Gasteiger partial charge on any atom is 0.131 e. The maximum atomic E-state index is 12.9. The van der Waals surface area contributed by atoms with Crippen LogP contribution in [0.15, 0.2) is 73.1 Å². The van der Waals surface area contributed by atoms with Crippen LogP contribution >= 0.6 is 7.80 Å². The maximum absolute atomic E-state index is 12.9. The van der Waals surface area contributed by atoms with E-state index in [1.807, 2.05) is 60.7 Å². The van der Waals surface area contributed by atoms with E-state index < -0.39 is 7.80 Å². The molecule has 22 heavy (non-hydrogen) atoms. The summed E-state index contributed by atoms with van der Waals surface area (Å²) >= 11 is 0. The summed E-state index contributed by atoms with van der Waals surface area (Å²) in [6, 6.07) is 19.4. The number of fused-ring (bicyclic) bond motifs is 2. The molecule has 0 saturated carbocycles. The van der Waals surface area contributed by atoms with Gasteiger partial charge in [-0.2, -0.15) is 0 Å². The predicted octanol–water partition coefficient (Wildman–Crippen LogP) is 3.29. The second kappa shape index (κ2) is 5.36. The molecule has 0 aliphatic carbocycles. The van der Waals surface area contributed by atoms with Crippen LogP contribution in [0.4, 0.5) is 0 Å². The summed E-state index contributed by atoms with van der Waals surface area (Å²) in [5, 5.41) is 3.75. The fourth-order valence-corrected chi connectivity index (χ4v) is 3.95. The molecular formula is C18H13N2OP. The van der Waals surface area contributed by atoms with Gasteiger partial charge in [0.2, 0.25) is 0 Å². The van der Waals surface area contributed by atoms with Crippen LogP contribution in [0.3, 0.4) is 0 Å². The van der Waals surface area contributed by atoms with Gasteiger partial charge < -0.3 is 4.57 Å². The minimum atomic E-state index is -2.04. The molecule has 0 fully saturated rings. The molecule has 4 heteroatoms. The van der Waals surface area contributed by atoms with Gasteiger partial charge >= 0.3 is 0 Å². The molecule has 2 aromatic heterocycles. The van der Waals surface area contributed by atoms with Crippen LogP contribution in [0.25, 0.3) is 21.8 Å². The topological polar surface area (TPSA) is 42.9 Å². The zero-order valence-electron chi connectivity index (χ0n) is 11.7. The molecular weight excluding hydrogens is 291 g/mol. The minimum Gasteiger partial charge on any atom is -0.317 e. The number of hydrogen-bond acceptors (Lipinski definition) is 3. The van der Waals surface area contributed by atoms with Crippen molar-refractivity contribution < 1.29 is 4.57 Å². The lowest BCUT2D eigenvalue weighted by molar-refractivity contribution is 0.598. The molecule has 0 aliphatic heterocycles. The van der Waals surface area contributed by atoms with Crippen molar-refractivity contribution in [2.45, 2.75) is 0 Å². The Hall–Kier alpha value is -2.51. The lowest BCUT2D eigenvalue weighted by atomic mass is 10.2. The highest BCUT2D eigenvalue weighted by Crippen LogP contribution is 2.23. The van der Waals surface area contributed by atoms with Crippen LogP contribution in [-0.2, 0) is 4.57 Å². The van der Waals surface area contributed by atoms with Crippen LogP contribution in [-0.4, -0.2) is 9.97 Å². The number of pyridine rings is 2. The van der Waals surface area contributed by atoms with Crippen LogP contribution in [0.5, 0.6) is 0 Å². The first-order chi connectivity index (χ1) is 10.8. The van der Waals surface area contributed by atoms with Crippen molar-refractivity contribution in [3.05, 3.63) is 73.1 Å². The second-order valence-corrected chi connectivity index (χ2v) is 6.96. The predicted molar refractivity (Wildman–Crippen MR) is 91.8 cm³/mol. The van der Waals surface area contributed by atoms with Gasteiger partial charge in [0.15, 0.2) is 0 Å². The highest BCUT2D eigenvalue weighted by Gasteiger charge is 2.09. The number of rotatable bonds is 2. The summed E-state index contributed by atoms with van der Waals surface area (Å²) in [6.45, 7) is 0. The van der Waals surface area contributed by atoms with Crippen molar-refractivity contribution >= 4 is 40.2 Å². The zero-order valence-corrected chi connectivity index (χ0v) is 12.7. The number of aromatic nitrogens is 2. The summed E-state index contributed by atoms with van der Waals surface area (Å²) in [7, 11) is -2.04. The van der Waals surface area contributed by atoms with E-state index in [9.17, 15) is 4.57 Å². The fraction of sp³-hybridized carbons (Fsp3) is 0. The van der Waals surface area contributed by atoms with E-state index in [1.54, 1.807) is 12.4 Å². The molecule has 0 bridgehead atoms. The second-order valence-electron chi connectivity index (χ2n) is 5.15. The Morgan fingerprint density at radius 1 is 0.682 bits per heavy atom. The molecule has 4 rings (SSSR count). The van der Waals surface area contributed by atoms with Crippen LogP contribution in [0.2, 0.25) is 0 Å². The normalized spacial score (nSPS) is 12.5. The Morgan fingerprint density at radius 2 is 1.36 bits per heavy atom. The number of hydrogen-bond donors (Lipinski definition) is 0. The Balaban J connectivity index is 1.80. The van der Waals surface area contributed by atoms with Gasteiger partial charge in [0.25, 0.3) is 0 Å². The van der Waals surface area contributed by atoms with Gasteiger partial charge in [-0.3, -0.25) is 9.97 Å². The molecule has 3 nitrogen and oxygen atoms in total. The molecule has 0 N–H and O–H groups in total. The van der Waals surface area contributed by atoms with Gasteiger partial charge in [0, 0.05) is 33.8 Å². The van der Waals surface area contributed by atoms with Gasteiger partial charge in [0.05, 0.1) is 11.0 Å². The summed E-state index contributed by atoms with van der Waals surface area (Å²) in [4.78, 5) is 8.63. The molecule has 4 aromatic rings. The van der Waals surface area contributed by atoms with Crippen molar-refractivity contribution in [3.8, 4) is 0 Å².